The van der Waals surface area contributed by atoms with E-state index in [0.717, 1.165) is 11.9 Å². The van der Waals surface area contributed by atoms with Gasteiger partial charge in [-0.25, -0.2) is 13.4 Å². The molecule has 0 spiro atoms. The monoisotopic (exact) mass is 468 g/mol. The number of pyridine rings is 1. The van der Waals surface area contributed by atoms with Crippen LogP contribution in [0, 0.1) is 0 Å². The van der Waals surface area contributed by atoms with Gasteiger partial charge in [-0.05, 0) is 48.5 Å². The summed E-state index contributed by atoms with van der Waals surface area (Å²) in [4.78, 5) is 29.3. The fourth-order valence-electron chi connectivity index (χ4n) is 3.01. The van der Waals surface area contributed by atoms with Crippen molar-refractivity contribution in [2.45, 2.75) is 4.90 Å². The summed E-state index contributed by atoms with van der Waals surface area (Å²) in [6.45, 7) is 0. The number of anilines is 2. The standard InChI is InChI=1S/C22H17ClN4O4S/c1-32(30,31)17-4-2-3-14(11-17)21(28)26-19-7-6-16(12-18(19)23)25-22(29)15-5-8-20-24-9-10-27(20)13-15/h2-13H,1H3,(H,25,29)(H,26,28). The molecule has 0 atom stereocenters. The van der Waals surface area contributed by atoms with Crippen LogP contribution in [-0.2, 0) is 9.84 Å². The van der Waals surface area contributed by atoms with E-state index in [1.54, 1.807) is 47.3 Å². The maximum absolute atomic E-state index is 12.5. The zero-order valence-corrected chi connectivity index (χ0v) is 18.3. The average molecular weight is 469 g/mol. The highest BCUT2D eigenvalue weighted by Gasteiger charge is 2.14. The highest BCUT2D eigenvalue weighted by Crippen LogP contribution is 2.26. The third-order valence-electron chi connectivity index (χ3n) is 4.65. The van der Waals surface area contributed by atoms with E-state index < -0.39 is 15.7 Å². The Balaban J connectivity index is 1.48. The van der Waals surface area contributed by atoms with Gasteiger partial charge in [0, 0.05) is 36.1 Å². The first-order chi connectivity index (χ1) is 15.2. The number of imidazole rings is 1. The molecule has 0 saturated carbocycles. The molecule has 0 aliphatic carbocycles. The van der Waals surface area contributed by atoms with E-state index in [9.17, 15) is 18.0 Å². The van der Waals surface area contributed by atoms with Crippen LogP contribution in [0.3, 0.4) is 0 Å². The molecule has 0 saturated heterocycles. The molecule has 4 aromatic rings. The number of benzene rings is 2. The SMILES string of the molecule is CS(=O)(=O)c1cccc(C(=O)Nc2ccc(NC(=O)c3ccc4nccn4c3)cc2Cl)c1. The molecule has 0 unspecified atom stereocenters. The number of amides is 2. The molecule has 162 valence electrons. The Hall–Kier alpha value is -3.69. The number of hydrogen-bond acceptors (Lipinski definition) is 5. The Morgan fingerprint density at radius 1 is 0.969 bits per heavy atom. The van der Waals surface area contributed by atoms with Crippen molar-refractivity contribution in [1.82, 2.24) is 9.38 Å². The number of hydrogen-bond donors (Lipinski definition) is 2. The second-order valence-corrected chi connectivity index (χ2v) is 9.44. The van der Waals surface area contributed by atoms with Gasteiger partial charge in [0.2, 0.25) is 0 Å². The average Bonchev–Trinajstić information content (AvgIpc) is 3.23. The third kappa shape index (κ3) is 4.63. The van der Waals surface area contributed by atoms with E-state index in [-0.39, 0.29) is 21.4 Å². The molecule has 2 heterocycles. The largest absolute Gasteiger partial charge is 0.322 e. The minimum atomic E-state index is -3.44. The summed E-state index contributed by atoms with van der Waals surface area (Å²) in [6, 6.07) is 13.8. The van der Waals surface area contributed by atoms with Gasteiger partial charge in [-0.15, -0.1) is 0 Å². The van der Waals surface area contributed by atoms with Crippen LogP contribution >= 0.6 is 11.6 Å². The van der Waals surface area contributed by atoms with Gasteiger partial charge < -0.3 is 15.0 Å². The highest BCUT2D eigenvalue weighted by molar-refractivity contribution is 7.90. The number of aromatic nitrogens is 2. The summed E-state index contributed by atoms with van der Waals surface area (Å²) in [5, 5.41) is 5.61. The zero-order chi connectivity index (χ0) is 22.9. The Labute approximate surface area is 188 Å². The van der Waals surface area contributed by atoms with Crippen molar-refractivity contribution in [3.8, 4) is 0 Å². The molecule has 8 nitrogen and oxygen atoms in total. The van der Waals surface area contributed by atoms with Crippen molar-refractivity contribution in [2.24, 2.45) is 0 Å². The van der Waals surface area contributed by atoms with Crippen LogP contribution < -0.4 is 10.6 Å². The van der Waals surface area contributed by atoms with Crippen LogP contribution in [0.2, 0.25) is 5.02 Å². The van der Waals surface area contributed by atoms with Crippen molar-refractivity contribution in [3.63, 3.8) is 0 Å². The summed E-state index contributed by atoms with van der Waals surface area (Å²) < 4.78 is 25.1. The van der Waals surface area contributed by atoms with Crippen LogP contribution in [-0.4, -0.2) is 35.9 Å². The van der Waals surface area contributed by atoms with E-state index in [1.807, 2.05) is 0 Å². The van der Waals surface area contributed by atoms with Gasteiger partial charge in [-0.1, -0.05) is 17.7 Å². The Bertz CT molecular complexity index is 1460. The first-order valence-corrected chi connectivity index (χ1v) is 11.6. The fourth-order valence-corrected chi connectivity index (χ4v) is 3.91. The first kappa shape index (κ1) is 21.5. The molecule has 0 aliphatic rings. The van der Waals surface area contributed by atoms with E-state index in [0.29, 0.717) is 16.9 Å². The predicted molar refractivity (Wildman–Crippen MR) is 122 cm³/mol. The molecule has 2 aromatic carbocycles. The van der Waals surface area contributed by atoms with Gasteiger partial charge in [-0.3, -0.25) is 9.59 Å². The molecule has 2 aromatic heterocycles. The van der Waals surface area contributed by atoms with E-state index in [2.05, 4.69) is 15.6 Å². The van der Waals surface area contributed by atoms with Crippen LogP contribution in [0.1, 0.15) is 20.7 Å². The quantitative estimate of drug-likeness (QED) is 0.461. The molecule has 0 fully saturated rings. The van der Waals surface area contributed by atoms with Gasteiger partial charge in [0.25, 0.3) is 11.8 Å². The lowest BCUT2D eigenvalue weighted by Gasteiger charge is -2.11. The van der Waals surface area contributed by atoms with Crippen LogP contribution in [0.5, 0.6) is 0 Å². The van der Waals surface area contributed by atoms with E-state index in [1.165, 1.54) is 30.3 Å². The van der Waals surface area contributed by atoms with Gasteiger partial charge in [0.05, 0.1) is 21.2 Å². The summed E-state index contributed by atoms with van der Waals surface area (Å²) in [6.07, 6.45) is 6.12. The van der Waals surface area contributed by atoms with Crippen LogP contribution in [0.25, 0.3) is 5.65 Å². The Kier molecular flexibility index (Phi) is 5.68. The summed E-state index contributed by atoms with van der Waals surface area (Å²) in [5.41, 5.74) is 2.11. The number of halogens is 1. The Morgan fingerprint density at radius 3 is 2.50 bits per heavy atom. The van der Waals surface area contributed by atoms with Crippen molar-refractivity contribution < 1.29 is 18.0 Å². The van der Waals surface area contributed by atoms with Gasteiger partial charge in [0.1, 0.15) is 5.65 Å². The van der Waals surface area contributed by atoms with Gasteiger partial charge in [-0.2, -0.15) is 0 Å². The van der Waals surface area contributed by atoms with Crippen LogP contribution in [0.4, 0.5) is 11.4 Å². The van der Waals surface area contributed by atoms with Gasteiger partial charge in [0.15, 0.2) is 9.84 Å². The minimum Gasteiger partial charge on any atom is -0.322 e. The number of sulfone groups is 1. The summed E-state index contributed by atoms with van der Waals surface area (Å²) >= 11 is 6.28. The van der Waals surface area contributed by atoms with Crippen molar-refractivity contribution in [3.05, 3.63) is 89.3 Å². The number of carbonyl (C=O) groups excluding carboxylic acids is 2. The molecule has 2 amide bonds. The van der Waals surface area contributed by atoms with Crippen molar-refractivity contribution >= 4 is 50.3 Å². The maximum atomic E-state index is 12.5. The number of carbonyl (C=O) groups is 2. The number of nitrogens with zero attached hydrogens (tertiary/aromatic N) is 2. The summed E-state index contributed by atoms with van der Waals surface area (Å²) in [7, 11) is -3.44. The maximum Gasteiger partial charge on any atom is 0.257 e. The van der Waals surface area contributed by atoms with E-state index in [4.69, 9.17) is 11.6 Å². The molecule has 32 heavy (non-hydrogen) atoms. The smallest absolute Gasteiger partial charge is 0.257 e. The second kappa shape index (κ2) is 8.45. The topological polar surface area (TPSA) is 110 Å². The number of nitrogens with one attached hydrogen (secondary N) is 2. The normalized spacial score (nSPS) is 11.3. The summed E-state index contributed by atoms with van der Waals surface area (Å²) in [5.74, 6) is -0.839. The molecule has 0 bridgehead atoms. The number of rotatable bonds is 5. The first-order valence-electron chi connectivity index (χ1n) is 9.36. The lowest BCUT2D eigenvalue weighted by atomic mass is 10.2. The van der Waals surface area contributed by atoms with Crippen molar-refractivity contribution in [1.29, 1.82) is 0 Å². The second-order valence-electron chi connectivity index (χ2n) is 7.01. The third-order valence-corrected chi connectivity index (χ3v) is 6.07. The predicted octanol–water partition coefficient (Wildman–Crippen LogP) is 3.90. The van der Waals surface area contributed by atoms with E-state index >= 15 is 0 Å². The van der Waals surface area contributed by atoms with Gasteiger partial charge >= 0.3 is 0 Å². The lowest BCUT2D eigenvalue weighted by molar-refractivity contribution is 0.101. The zero-order valence-electron chi connectivity index (χ0n) is 16.7. The molecule has 4 rings (SSSR count). The van der Waals surface area contributed by atoms with Crippen molar-refractivity contribution in [2.75, 3.05) is 16.9 Å². The number of fused-ring (bicyclic) bond motifs is 1. The molecule has 0 aliphatic heterocycles. The molecular weight excluding hydrogens is 452 g/mol. The Morgan fingerprint density at radius 2 is 1.75 bits per heavy atom. The molecule has 10 heteroatoms. The lowest BCUT2D eigenvalue weighted by Crippen LogP contribution is -2.14. The molecule has 0 radical (unpaired) electrons. The minimum absolute atomic E-state index is 0.0446. The molecule has 2 N–H and O–H groups in total. The molecular formula is C22H17ClN4O4S. The fraction of sp³-hybridized carbons (Fsp3) is 0.0455. The van der Waals surface area contributed by atoms with Crippen LogP contribution in [0.15, 0.2) is 78.1 Å². The highest BCUT2D eigenvalue weighted by atomic mass is 35.5.